The fourth-order valence-electron chi connectivity index (χ4n) is 8.15. The van der Waals surface area contributed by atoms with E-state index in [1.165, 1.54) is 0 Å². The minimum Gasteiger partial charge on any atom is -0.545 e. The minimum atomic E-state index is -1.15. The average Bonchev–Trinajstić information content (AvgIpc) is 3.89. The second-order valence-corrected chi connectivity index (χ2v) is 17.3. The smallest absolute Gasteiger partial charge is 0.545 e. The summed E-state index contributed by atoms with van der Waals surface area (Å²) >= 11 is 0. The topological polar surface area (TPSA) is 162 Å². The molecule has 70 heavy (non-hydrogen) atoms. The summed E-state index contributed by atoms with van der Waals surface area (Å²) in [6, 6.07) is 45.8. The Hall–Kier alpha value is -7.28. The number of aromatic nitrogens is 4. The van der Waals surface area contributed by atoms with E-state index in [9.17, 15) is 14.7 Å². The number of carboxylic acid groups (broad SMARTS) is 1. The number of likely N-dealkylation sites (N-methyl/N-ethyl adjacent to an activating group) is 2. The molecule has 0 radical (unpaired) electrons. The van der Waals surface area contributed by atoms with Crippen LogP contribution in [-0.2, 0) is 27.3 Å². The van der Waals surface area contributed by atoms with Crippen molar-refractivity contribution in [3.8, 4) is 11.5 Å². The molecule has 3 N–H and O–H groups in total. The van der Waals surface area contributed by atoms with Gasteiger partial charge >= 0.3 is 18.9 Å². The van der Waals surface area contributed by atoms with E-state index in [0.29, 0.717) is 18.8 Å². The minimum absolute atomic E-state index is 0. The number of aryl methyl sites for hydroxylation is 2. The Balaban J connectivity index is 0.000000170. The number of hydrogen-bond donors (Lipinski definition) is 2. The van der Waals surface area contributed by atoms with Crippen molar-refractivity contribution < 1.29 is 43.0 Å². The summed E-state index contributed by atoms with van der Waals surface area (Å²) in [6.07, 6.45) is 0. The second-order valence-electron chi connectivity index (χ2n) is 17.3. The van der Waals surface area contributed by atoms with E-state index in [0.717, 1.165) is 120 Å². The summed E-state index contributed by atoms with van der Waals surface area (Å²) in [6.45, 7) is 8.73. The van der Waals surface area contributed by atoms with Gasteiger partial charge in [-0.15, -0.1) is 0 Å². The van der Waals surface area contributed by atoms with E-state index < -0.39 is 5.97 Å². The van der Waals surface area contributed by atoms with Gasteiger partial charge in [0.15, 0.2) is 11.6 Å². The first-order chi connectivity index (χ1) is 33.5. The molecular weight excluding hydrogens is 876 g/mol. The molecule has 2 saturated heterocycles. The van der Waals surface area contributed by atoms with E-state index in [1.807, 2.05) is 146 Å². The number of aromatic carboxylic acids is 1. The molecule has 2 aromatic heterocycles. The number of amides is 1. The van der Waals surface area contributed by atoms with Crippen molar-refractivity contribution in [3.63, 3.8) is 0 Å². The van der Waals surface area contributed by atoms with Gasteiger partial charge in [0.1, 0.15) is 24.7 Å². The van der Waals surface area contributed by atoms with Crippen LogP contribution in [0, 0.1) is 0 Å². The van der Waals surface area contributed by atoms with Gasteiger partial charge in [0.25, 0.3) is 5.91 Å². The van der Waals surface area contributed by atoms with Gasteiger partial charge in [-0.05, 0) is 110 Å². The first-order valence-corrected chi connectivity index (χ1v) is 23.1. The fraction of sp³-hybridized carbons (Fsp3) is 0.259. The third-order valence-electron chi connectivity index (χ3n) is 12.3. The molecule has 0 bridgehead atoms. The third-order valence-corrected chi connectivity index (χ3v) is 12.3. The van der Waals surface area contributed by atoms with Crippen LogP contribution in [0.5, 0.6) is 11.5 Å². The number of carbonyl (C=O) groups is 2. The summed E-state index contributed by atoms with van der Waals surface area (Å²) in [7, 11) is 8.06. The monoisotopic (exact) mass is 934 g/mol. The fourth-order valence-corrected chi connectivity index (χ4v) is 8.15. The first kappa shape index (κ1) is 50.6. The summed E-state index contributed by atoms with van der Waals surface area (Å²) in [4.78, 5) is 33.1. The third kappa shape index (κ3) is 13.1. The van der Waals surface area contributed by atoms with Crippen LogP contribution in [0.4, 0.5) is 23.0 Å². The maximum absolute atomic E-state index is 13.0. The van der Waals surface area contributed by atoms with Crippen LogP contribution in [0.2, 0.25) is 0 Å². The van der Waals surface area contributed by atoms with Crippen molar-refractivity contribution in [2.24, 2.45) is 14.1 Å². The zero-order valence-electron chi connectivity index (χ0n) is 40.6. The van der Waals surface area contributed by atoms with Gasteiger partial charge in [-0.25, -0.2) is 0 Å². The molecule has 15 nitrogen and oxygen atoms in total. The van der Waals surface area contributed by atoms with Crippen LogP contribution in [0.1, 0.15) is 31.8 Å². The molecule has 2 aliphatic rings. The number of fused-ring (bicyclic) bond motifs is 2. The number of nitrogens with zero attached hydrogens (tertiary/aromatic N) is 8. The van der Waals surface area contributed by atoms with Crippen LogP contribution in [0.15, 0.2) is 146 Å². The van der Waals surface area contributed by atoms with Gasteiger partial charge in [-0.1, -0.05) is 66.7 Å². The van der Waals surface area contributed by atoms with Crippen LogP contribution in [0.3, 0.4) is 0 Å². The Morgan fingerprint density at radius 2 is 0.971 bits per heavy atom. The van der Waals surface area contributed by atoms with Gasteiger partial charge in [0.2, 0.25) is 0 Å². The molecule has 1 amide bonds. The number of rotatable bonds is 11. The Morgan fingerprint density at radius 1 is 0.557 bits per heavy atom. The number of nitrogens with one attached hydrogen (secondary N) is 1. The number of carbonyl (C=O) groups excluding carboxylic acids is 2. The van der Waals surface area contributed by atoms with Crippen molar-refractivity contribution in [2.45, 2.75) is 13.2 Å². The van der Waals surface area contributed by atoms with Gasteiger partial charge < -0.3 is 50.0 Å². The van der Waals surface area contributed by atoms with E-state index in [-0.39, 0.29) is 30.3 Å². The molecule has 4 heterocycles. The molecule has 8 aromatic rings. The Kier molecular flexibility index (Phi) is 17.2. The van der Waals surface area contributed by atoms with Crippen molar-refractivity contribution in [1.82, 2.24) is 29.4 Å². The van der Waals surface area contributed by atoms with Crippen molar-refractivity contribution in [3.05, 3.63) is 168 Å². The quantitative estimate of drug-likeness (QED) is 0.143. The Morgan fingerprint density at radius 3 is 1.41 bits per heavy atom. The largest absolute Gasteiger partial charge is 1.00 e. The first-order valence-electron chi connectivity index (χ1n) is 23.1. The molecule has 0 saturated carbocycles. The predicted octanol–water partition coefficient (Wildman–Crippen LogP) is 3.70. The Bertz CT molecular complexity index is 2950. The van der Waals surface area contributed by atoms with Crippen molar-refractivity contribution >= 4 is 56.7 Å². The summed E-state index contributed by atoms with van der Waals surface area (Å²) in [5.74, 6) is 2.11. The number of nitrogens with two attached hydrogens (primary N) is 1. The number of anilines is 4. The number of ether oxygens (including phenoxy) is 2. The molecule has 356 valence electrons. The summed E-state index contributed by atoms with van der Waals surface area (Å²) in [5.41, 5.74) is 12.1. The van der Waals surface area contributed by atoms with Crippen molar-refractivity contribution in [2.75, 3.05) is 87.3 Å². The van der Waals surface area contributed by atoms with E-state index >= 15 is 0 Å². The zero-order valence-corrected chi connectivity index (χ0v) is 40.6. The molecule has 2 aliphatic heterocycles. The summed E-state index contributed by atoms with van der Waals surface area (Å²) in [5, 5.41) is 25.2. The van der Waals surface area contributed by atoms with Crippen LogP contribution in [0.25, 0.3) is 21.8 Å². The number of carboxylic acids is 1. The number of piperazine rings is 2. The SMILES string of the molecule is CN1CCN(c2nn(C)c3ccc(C(=O)Nc4ccc(OCc5ccccc5)cc4)cc23)CC1.CN1CCN(c2nn(C)c3ccc(C(=O)[O-])cc23)CC1.Nc1ccc(OCc2ccccc2)cc1.[Li+]. The van der Waals surface area contributed by atoms with Crippen molar-refractivity contribution in [1.29, 1.82) is 0 Å². The maximum atomic E-state index is 13.0. The van der Waals surface area contributed by atoms with Crippen LogP contribution in [-0.4, -0.2) is 108 Å². The zero-order chi connectivity index (χ0) is 48.3. The number of benzene rings is 6. The second kappa shape index (κ2) is 23.8. The molecule has 0 atom stereocenters. The molecule has 16 heteroatoms. The predicted molar refractivity (Wildman–Crippen MR) is 272 cm³/mol. The molecule has 0 unspecified atom stereocenters. The van der Waals surface area contributed by atoms with Crippen LogP contribution >= 0.6 is 0 Å². The molecule has 6 aromatic carbocycles. The molecule has 0 aliphatic carbocycles. The standard InChI is InChI=1S/C27H29N5O2.C14H18N4O2.C13H13NO.Li/c1-30-14-16-32(17-15-30)26-24-18-21(8-13-25(24)31(2)29-26)27(33)28-22-9-11-23(12-10-22)34-19-20-6-4-3-5-7-20;1-16-5-7-18(8-6-16)13-11-9-10(14(19)20)3-4-12(11)17(2)15-13;14-12-6-8-13(9-7-12)15-10-11-4-2-1-3-5-11;/h3-13,18H,14-17,19H2,1-2H3,(H,28,33);3-4,9H,5-8H2,1-2H3,(H,19,20);1-9H,10,14H2;/q;;;+1/p-1. The van der Waals surface area contributed by atoms with Gasteiger partial charge in [-0.3, -0.25) is 14.2 Å². The van der Waals surface area contributed by atoms with Crippen LogP contribution < -0.4 is 54.3 Å². The van der Waals surface area contributed by atoms with Gasteiger partial charge in [0.05, 0.1) is 17.0 Å². The van der Waals surface area contributed by atoms with E-state index in [1.54, 1.807) is 22.9 Å². The van der Waals surface area contributed by atoms with Gasteiger partial charge in [0, 0.05) is 94.2 Å². The maximum Gasteiger partial charge on any atom is 1.00 e. The van der Waals surface area contributed by atoms with E-state index in [4.69, 9.17) is 20.3 Å². The average molecular weight is 935 g/mol. The van der Waals surface area contributed by atoms with E-state index in [2.05, 4.69) is 44.1 Å². The number of nitrogen functional groups attached to an aromatic ring is 1. The van der Waals surface area contributed by atoms with Gasteiger partial charge in [-0.2, -0.15) is 10.2 Å². The Labute approximate surface area is 421 Å². The number of hydrogen-bond acceptors (Lipinski definition) is 12. The molecule has 2 fully saturated rings. The molecule has 10 rings (SSSR count). The molecule has 0 spiro atoms. The normalized spacial score (nSPS) is 13.9. The molecular formula is C54H59LiN10O5. The summed E-state index contributed by atoms with van der Waals surface area (Å²) < 4.78 is 15.1.